The maximum Gasteiger partial charge on any atom is 0.414 e. The number of fused-ring (bicyclic) bond motifs is 1. The van der Waals surface area contributed by atoms with Crippen LogP contribution in [0, 0.1) is 0 Å². The lowest BCUT2D eigenvalue weighted by molar-refractivity contribution is -0.159. The van der Waals surface area contributed by atoms with Crippen molar-refractivity contribution in [2.75, 3.05) is 24.9 Å². The Morgan fingerprint density at radius 2 is 2.07 bits per heavy atom. The summed E-state index contributed by atoms with van der Waals surface area (Å²) in [6.07, 6.45) is 3.20. The lowest BCUT2D eigenvalue weighted by Gasteiger charge is -2.20. The van der Waals surface area contributed by atoms with Crippen LogP contribution in [0.25, 0.3) is 10.9 Å². The minimum Gasteiger partial charge on any atom is -0.473 e. The van der Waals surface area contributed by atoms with Crippen LogP contribution >= 0.6 is 11.6 Å². The molecule has 1 unspecified atom stereocenters. The molecule has 0 aliphatic carbocycles. The molecule has 0 amide bonds. The summed E-state index contributed by atoms with van der Waals surface area (Å²) in [5.41, 5.74) is 1.79. The highest BCUT2D eigenvalue weighted by molar-refractivity contribution is 6.31. The number of nitrogens with one attached hydrogen (secondary N) is 1. The van der Waals surface area contributed by atoms with Gasteiger partial charge in [0.25, 0.3) is 0 Å². The number of carbonyl (C=O) groups is 2. The number of nitrogens with zero attached hydrogens (tertiary/aromatic N) is 2. The van der Waals surface area contributed by atoms with Gasteiger partial charge in [-0.1, -0.05) is 25.4 Å². The summed E-state index contributed by atoms with van der Waals surface area (Å²) in [6.45, 7) is -0.414. The quantitative estimate of drug-likeness (QED) is 0.561. The van der Waals surface area contributed by atoms with Crippen molar-refractivity contribution in [1.29, 1.82) is 0 Å². The van der Waals surface area contributed by atoms with E-state index in [-0.39, 0.29) is 6.04 Å². The second-order valence-corrected chi connectivity index (χ2v) is 6.45. The molecule has 7 nitrogen and oxygen atoms in total. The molecule has 0 bridgehead atoms. The van der Waals surface area contributed by atoms with E-state index < -0.39 is 25.3 Å². The standard InChI is InChI=1S/C18H26ClN3.C2H2O4/c1-4-22(5-2)12-6-7-14(3)21-17-10-11-20-18-13-15(19)8-9-16(17)18;3-1(4)2(5)6/h8-11,13-14H,4-7,12H2,1-3H3,(H,20,21);(H,3,4)(H,5,6)/i1D3,4D2;. The largest absolute Gasteiger partial charge is 0.473 e. The van der Waals surface area contributed by atoms with Gasteiger partial charge in [-0.25, -0.2) is 9.59 Å². The van der Waals surface area contributed by atoms with Gasteiger partial charge in [-0.3, -0.25) is 4.98 Å². The number of rotatable bonds is 8. The summed E-state index contributed by atoms with van der Waals surface area (Å²) in [5, 5.41) is 19.9. The zero-order chi connectivity index (χ0) is 25.4. The van der Waals surface area contributed by atoms with E-state index in [1.165, 1.54) is 4.90 Å². The highest BCUT2D eigenvalue weighted by atomic mass is 35.5. The van der Waals surface area contributed by atoms with Gasteiger partial charge in [0, 0.05) is 35.2 Å². The third-order valence-corrected chi connectivity index (χ3v) is 4.13. The van der Waals surface area contributed by atoms with Gasteiger partial charge in [0.2, 0.25) is 0 Å². The van der Waals surface area contributed by atoms with E-state index in [1.54, 1.807) is 13.1 Å². The fourth-order valence-electron chi connectivity index (χ4n) is 2.47. The van der Waals surface area contributed by atoms with E-state index >= 15 is 0 Å². The van der Waals surface area contributed by atoms with Crippen LogP contribution in [0.4, 0.5) is 5.69 Å². The molecule has 154 valence electrons. The average Bonchev–Trinajstić information content (AvgIpc) is 2.70. The minimum atomic E-state index is -2.66. The molecule has 8 heteroatoms. The first kappa shape index (κ1) is 16.6. The molecular formula is C20H28ClN3O4. The summed E-state index contributed by atoms with van der Waals surface area (Å²) < 4.78 is 38.1. The van der Waals surface area contributed by atoms with E-state index in [4.69, 9.17) is 38.3 Å². The molecule has 28 heavy (non-hydrogen) atoms. The number of hydrogen-bond acceptors (Lipinski definition) is 5. The molecular weight excluding hydrogens is 382 g/mol. The smallest absolute Gasteiger partial charge is 0.414 e. The summed E-state index contributed by atoms with van der Waals surface area (Å²) >= 11 is 6.02. The summed E-state index contributed by atoms with van der Waals surface area (Å²) in [7, 11) is 0. The average molecular weight is 415 g/mol. The van der Waals surface area contributed by atoms with Gasteiger partial charge in [0.15, 0.2) is 0 Å². The third-order valence-electron chi connectivity index (χ3n) is 3.89. The molecule has 1 aromatic heterocycles. The van der Waals surface area contributed by atoms with Crippen LogP contribution in [0.15, 0.2) is 30.5 Å². The first-order chi connectivity index (χ1) is 15.2. The van der Waals surface area contributed by atoms with Crippen molar-refractivity contribution in [2.45, 2.75) is 39.6 Å². The van der Waals surface area contributed by atoms with E-state index in [1.807, 2.05) is 24.3 Å². The van der Waals surface area contributed by atoms with Crippen molar-refractivity contribution in [2.24, 2.45) is 0 Å². The number of hydrogen-bond donors (Lipinski definition) is 3. The van der Waals surface area contributed by atoms with Gasteiger partial charge >= 0.3 is 11.9 Å². The van der Waals surface area contributed by atoms with Crippen LogP contribution in [0.5, 0.6) is 0 Å². The molecule has 1 atom stereocenters. The van der Waals surface area contributed by atoms with Gasteiger partial charge in [-0.05, 0) is 63.6 Å². The third kappa shape index (κ3) is 8.10. The summed E-state index contributed by atoms with van der Waals surface area (Å²) in [4.78, 5) is 23.9. The zero-order valence-corrected chi connectivity index (χ0v) is 16.5. The van der Waals surface area contributed by atoms with Crippen LogP contribution < -0.4 is 5.32 Å². The molecule has 0 aliphatic heterocycles. The lowest BCUT2D eigenvalue weighted by Crippen LogP contribution is -2.25. The number of halogens is 1. The van der Waals surface area contributed by atoms with Gasteiger partial charge in [-0.15, -0.1) is 0 Å². The van der Waals surface area contributed by atoms with E-state index in [0.29, 0.717) is 24.5 Å². The predicted molar refractivity (Wildman–Crippen MR) is 112 cm³/mol. The number of carboxylic acid groups (broad SMARTS) is 2. The molecule has 1 heterocycles. The Morgan fingerprint density at radius 3 is 2.68 bits per heavy atom. The number of aliphatic carboxylic acids is 2. The maximum absolute atomic E-state index is 9.10. The molecule has 2 rings (SSSR count). The molecule has 0 radical (unpaired) electrons. The second-order valence-electron chi connectivity index (χ2n) is 6.01. The molecule has 0 fully saturated rings. The van der Waals surface area contributed by atoms with Crippen molar-refractivity contribution in [3.05, 3.63) is 35.5 Å². The fourth-order valence-corrected chi connectivity index (χ4v) is 2.63. The summed E-state index contributed by atoms with van der Waals surface area (Å²) in [6, 6.07) is 7.64. The van der Waals surface area contributed by atoms with Gasteiger partial charge in [0.1, 0.15) is 0 Å². The van der Waals surface area contributed by atoms with Crippen molar-refractivity contribution >= 4 is 40.1 Å². The predicted octanol–water partition coefficient (Wildman–Crippen LogP) is 3.97. The van der Waals surface area contributed by atoms with Crippen LogP contribution in [-0.4, -0.2) is 57.7 Å². The van der Waals surface area contributed by atoms with Gasteiger partial charge in [0.05, 0.1) is 5.52 Å². The van der Waals surface area contributed by atoms with E-state index in [0.717, 1.165) is 23.0 Å². The second kappa shape index (κ2) is 12.2. The van der Waals surface area contributed by atoms with Crippen molar-refractivity contribution < 1.29 is 26.7 Å². The van der Waals surface area contributed by atoms with Crippen LogP contribution in [0.3, 0.4) is 0 Å². The first-order valence-electron chi connectivity index (χ1n) is 11.2. The minimum absolute atomic E-state index is 0.142. The monoisotopic (exact) mass is 414 g/mol. The van der Waals surface area contributed by atoms with Crippen LogP contribution in [0.2, 0.25) is 5.02 Å². The Morgan fingerprint density at radius 1 is 1.36 bits per heavy atom. The van der Waals surface area contributed by atoms with Crippen molar-refractivity contribution in [3.63, 3.8) is 0 Å². The highest BCUT2D eigenvalue weighted by Gasteiger charge is 2.07. The SMILES string of the molecule is O=C(O)C(=O)O.[2H]C([2H])([2H])C([2H])([2H])N(CC)CCCC(C)Nc1ccnc2cc(Cl)ccc12. The Labute approximate surface area is 177 Å². The van der Waals surface area contributed by atoms with E-state index in [2.05, 4.69) is 17.2 Å². The number of pyridine rings is 1. The molecule has 2 aromatic rings. The first-order valence-corrected chi connectivity index (χ1v) is 9.10. The topological polar surface area (TPSA) is 103 Å². The van der Waals surface area contributed by atoms with Crippen molar-refractivity contribution in [1.82, 2.24) is 9.88 Å². The Bertz CT molecular complexity index is 947. The molecule has 0 aliphatic rings. The highest BCUT2D eigenvalue weighted by Crippen LogP contribution is 2.25. The number of aromatic nitrogens is 1. The van der Waals surface area contributed by atoms with E-state index in [9.17, 15) is 0 Å². The number of benzene rings is 1. The van der Waals surface area contributed by atoms with Crippen LogP contribution in [-0.2, 0) is 9.59 Å². The molecule has 0 spiro atoms. The van der Waals surface area contributed by atoms with Crippen LogP contribution in [0.1, 0.15) is 40.4 Å². The molecule has 1 aromatic carbocycles. The maximum atomic E-state index is 9.10. The molecule has 0 saturated heterocycles. The Kier molecular flexibility index (Phi) is 7.19. The lowest BCUT2D eigenvalue weighted by atomic mass is 10.1. The summed E-state index contributed by atoms with van der Waals surface area (Å²) in [5.74, 6) is -3.65. The van der Waals surface area contributed by atoms with Gasteiger partial charge in [-0.2, -0.15) is 0 Å². The Balaban J connectivity index is 0.000000801. The Hall–Kier alpha value is -2.38. The molecule has 3 N–H and O–H groups in total. The van der Waals surface area contributed by atoms with Gasteiger partial charge < -0.3 is 20.4 Å². The normalized spacial score (nSPS) is 15.2. The number of anilines is 1. The zero-order valence-electron chi connectivity index (χ0n) is 20.8. The fraction of sp³-hybridized carbons (Fsp3) is 0.450. The number of carboxylic acids is 2. The molecule has 0 saturated carbocycles. The van der Waals surface area contributed by atoms with Crippen molar-refractivity contribution in [3.8, 4) is 0 Å².